The summed E-state index contributed by atoms with van der Waals surface area (Å²) in [6.07, 6.45) is 6.76. The number of benzene rings is 2. The Labute approximate surface area is 232 Å². The molecule has 2 aliphatic rings. The van der Waals surface area contributed by atoms with Crippen molar-refractivity contribution >= 4 is 39.4 Å². The zero-order chi connectivity index (χ0) is 26.3. The highest BCUT2D eigenvalue weighted by Gasteiger charge is 2.30. The van der Waals surface area contributed by atoms with Crippen LogP contribution in [0.25, 0.3) is 33.2 Å². The van der Waals surface area contributed by atoms with Gasteiger partial charge in [-0.15, -0.1) is 0 Å². The normalized spacial score (nSPS) is 20.6. The molecular weight excluding hydrogens is 510 g/mol. The molecule has 9 heteroatoms. The lowest BCUT2D eigenvalue weighted by Gasteiger charge is -2.38. The Bertz CT molecular complexity index is 1630. The largest absolute Gasteiger partial charge is 0.383 e. The fourth-order valence-corrected chi connectivity index (χ4v) is 6.55. The molecule has 0 radical (unpaired) electrons. The number of morpholine rings is 1. The maximum Gasteiger partial charge on any atom is 0.164 e. The van der Waals surface area contributed by atoms with Gasteiger partial charge in [-0.05, 0) is 55.5 Å². The molecule has 2 aromatic carbocycles. The minimum Gasteiger partial charge on any atom is -0.383 e. The number of anilines is 1. The van der Waals surface area contributed by atoms with Crippen LogP contribution in [-0.4, -0.2) is 62.0 Å². The molecule has 0 atom stereocenters. The van der Waals surface area contributed by atoms with E-state index < -0.39 is 0 Å². The minimum atomic E-state index is 0.297. The molecule has 0 spiro atoms. The van der Waals surface area contributed by atoms with Crippen molar-refractivity contribution in [2.75, 3.05) is 32.0 Å². The van der Waals surface area contributed by atoms with Crippen molar-refractivity contribution in [2.24, 2.45) is 0 Å². The lowest BCUT2D eigenvalue weighted by Crippen LogP contribution is -2.45. The standard InChI is InChI=1S/C30H32ClN7O/c31-25-4-2-1-3-19(25)16-22-17-21-15-20(5-10-26(21)35-22)28-27-29(32)33-18-34-30(27)38(36-28)24-8-6-23(7-9-24)37-11-13-39-14-12-37/h1-5,10,15,17-18,23-24,35H,6-9,11-14,16H2,(H2,32,33,34)/t23-,24-. The van der Waals surface area contributed by atoms with E-state index in [0.29, 0.717) is 17.9 Å². The Morgan fingerprint density at radius 1 is 0.974 bits per heavy atom. The smallest absolute Gasteiger partial charge is 0.164 e. The number of H-pyrrole nitrogens is 1. The highest BCUT2D eigenvalue weighted by molar-refractivity contribution is 6.31. The topological polar surface area (TPSA) is 97.9 Å². The highest BCUT2D eigenvalue weighted by Crippen LogP contribution is 2.38. The van der Waals surface area contributed by atoms with Crippen LogP contribution in [0.1, 0.15) is 43.0 Å². The summed E-state index contributed by atoms with van der Waals surface area (Å²) in [5, 5.41) is 7.88. The number of hydrogen-bond acceptors (Lipinski definition) is 6. The number of halogens is 1. The first-order valence-electron chi connectivity index (χ1n) is 13.8. The Hall–Kier alpha value is -3.46. The summed E-state index contributed by atoms with van der Waals surface area (Å²) in [7, 11) is 0. The summed E-state index contributed by atoms with van der Waals surface area (Å²) in [4.78, 5) is 15.1. The number of nitrogens with zero attached hydrogens (tertiary/aromatic N) is 5. The van der Waals surface area contributed by atoms with Crippen molar-refractivity contribution in [3.05, 3.63) is 71.1 Å². The van der Waals surface area contributed by atoms with Crippen LogP contribution in [0.2, 0.25) is 5.02 Å². The first kappa shape index (κ1) is 24.6. The molecule has 8 nitrogen and oxygen atoms in total. The van der Waals surface area contributed by atoms with E-state index >= 15 is 0 Å². The Morgan fingerprint density at radius 2 is 1.77 bits per heavy atom. The molecule has 3 N–H and O–H groups in total. The maximum atomic E-state index is 6.43. The van der Waals surface area contributed by atoms with Crippen molar-refractivity contribution in [3.8, 4) is 11.3 Å². The molecule has 4 heterocycles. The van der Waals surface area contributed by atoms with Crippen LogP contribution in [0.3, 0.4) is 0 Å². The van der Waals surface area contributed by atoms with Crippen LogP contribution < -0.4 is 5.73 Å². The van der Waals surface area contributed by atoms with Gasteiger partial charge in [-0.1, -0.05) is 35.9 Å². The molecule has 0 amide bonds. The van der Waals surface area contributed by atoms with Crippen molar-refractivity contribution in [1.82, 2.24) is 29.6 Å². The van der Waals surface area contributed by atoms with Gasteiger partial charge in [-0.25, -0.2) is 14.6 Å². The summed E-state index contributed by atoms with van der Waals surface area (Å²) in [6.45, 7) is 3.76. The molecule has 0 bridgehead atoms. The number of fused-ring (bicyclic) bond motifs is 2. The second-order valence-electron chi connectivity index (χ2n) is 10.7. The van der Waals surface area contributed by atoms with E-state index in [0.717, 1.165) is 108 Å². The van der Waals surface area contributed by atoms with Gasteiger partial charge in [0.1, 0.15) is 17.8 Å². The summed E-state index contributed by atoms with van der Waals surface area (Å²) < 4.78 is 7.67. The van der Waals surface area contributed by atoms with Gasteiger partial charge in [-0.2, -0.15) is 5.10 Å². The first-order valence-corrected chi connectivity index (χ1v) is 14.2. The second-order valence-corrected chi connectivity index (χ2v) is 11.1. The molecule has 1 aliphatic heterocycles. The van der Waals surface area contributed by atoms with Gasteiger partial charge in [0.05, 0.1) is 24.6 Å². The number of nitrogen functional groups attached to an aromatic ring is 1. The number of nitrogens with two attached hydrogens (primary N) is 1. The van der Waals surface area contributed by atoms with Gasteiger partial charge in [0.15, 0.2) is 5.65 Å². The van der Waals surface area contributed by atoms with Crippen LogP contribution in [0.4, 0.5) is 5.82 Å². The maximum absolute atomic E-state index is 6.43. The highest BCUT2D eigenvalue weighted by atomic mass is 35.5. The number of hydrogen-bond donors (Lipinski definition) is 2. The predicted molar refractivity (Wildman–Crippen MR) is 155 cm³/mol. The SMILES string of the molecule is Nc1ncnc2c1c(-c1ccc3[nH]c(Cc4ccccc4Cl)cc3c1)nn2[C@H]1CC[C@H](N2CCOCC2)CC1. The zero-order valence-electron chi connectivity index (χ0n) is 21.8. The molecule has 1 saturated carbocycles. The van der Waals surface area contributed by atoms with Crippen molar-refractivity contribution in [1.29, 1.82) is 0 Å². The van der Waals surface area contributed by atoms with Crippen molar-refractivity contribution in [2.45, 2.75) is 44.2 Å². The molecule has 1 saturated heterocycles. The predicted octanol–water partition coefficient (Wildman–Crippen LogP) is 5.62. The number of aromatic nitrogens is 5. The monoisotopic (exact) mass is 541 g/mol. The second kappa shape index (κ2) is 10.3. The lowest BCUT2D eigenvalue weighted by molar-refractivity contribution is 0.00520. The van der Waals surface area contributed by atoms with E-state index in [1.807, 2.05) is 18.2 Å². The summed E-state index contributed by atoms with van der Waals surface area (Å²) in [6, 6.07) is 17.5. The van der Waals surface area contributed by atoms with Crippen LogP contribution in [0, 0.1) is 0 Å². The van der Waals surface area contributed by atoms with Crippen LogP contribution >= 0.6 is 11.6 Å². The quantitative estimate of drug-likeness (QED) is 0.300. The molecule has 39 heavy (non-hydrogen) atoms. The van der Waals surface area contributed by atoms with E-state index in [2.05, 4.69) is 54.9 Å². The van der Waals surface area contributed by atoms with E-state index in [4.69, 9.17) is 27.2 Å². The molecular formula is C30H32ClN7O. The van der Waals surface area contributed by atoms with Crippen LogP contribution in [-0.2, 0) is 11.2 Å². The summed E-state index contributed by atoms with van der Waals surface area (Å²) >= 11 is 6.41. The Morgan fingerprint density at radius 3 is 2.59 bits per heavy atom. The third kappa shape index (κ3) is 4.67. The molecule has 200 valence electrons. The number of rotatable bonds is 5. The zero-order valence-corrected chi connectivity index (χ0v) is 22.6. The fraction of sp³-hybridized carbons (Fsp3) is 0.367. The third-order valence-corrected chi connectivity index (χ3v) is 8.75. The summed E-state index contributed by atoms with van der Waals surface area (Å²) in [5.41, 5.74) is 12.4. The Kier molecular flexibility index (Phi) is 6.46. The molecule has 0 unspecified atom stereocenters. The van der Waals surface area contributed by atoms with Gasteiger partial charge in [0.2, 0.25) is 0 Å². The van der Waals surface area contributed by atoms with Crippen LogP contribution in [0.5, 0.6) is 0 Å². The van der Waals surface area contributed by atoms with Crippen LogP contribution in [0.15, 0.2) is 54.9 Å². The average molecular weight is 542 g/mol. The molecule has 2 fully saturated rings. The van der Waals surface area contributed by atoms with E-state index in [1.165, 1.54) is 0 Å². The minimum absolute atomic E-state index is 0.297. The van der Waals surface area contributed by atoms with Gasteiger partial charge in [-0.3, -0.25) is 4.90 Å². The van der Waals surface area contributed by atoms with Gasteiger partial charge < -0.3 is 15.5 Å². The average Bonchev–Trinajstić information content (AvgIpc) is 3.56. The molecule has 7 rings (SSSR count). The van der Waals surface area contributed by atoms with Gasteiger partial charge in [0.25, 0.3) is 0 Å². The van der Waals surface area contributed by atoms with E-state index in [-0.39, 0.29) is 0 Å². The van der Waals surface area contributed by atoms with Gasteiger partial charge in [0, 0.05) is 52.7 Å². The summed E-state index contributed by atoms with van der Waals surface area (Å²) in [5.74, 6) is 0.469. The third-order valence-electron chi connectivity index (χ3n) is 8.38. The van der Waals surface area contributed by atoms with E-state index in [9.17, 15) is 0 Å². The molecule has 1 aliphatic carbocycles. The number of aromatic amines is 1. The van der Waals surface area contributed by atoms with Crippen molar-refractivity contribution in [3.63, 3.8) is 0 Å². The Balaban J connectivity index is 1.19. The molecule has 3 aromatic heterocycles. The first-order chi connectivity index (χ1) is 19.1. The molecule has 5 aromatic rings. The van der Waals surface area contributed by atoms with E-state index in [1.54, 1.807) is 6.33 Å². The lowest BCUT2D eigenvalue weighted by atomic mass is 9.90. The number of ether oxygens (including phenoxy) is 1. The van der Waals surface area contributed by atoms with Gasteiger partial charge >= 0.3 is 0 Å². The number of nitrogens with one attached hydrogen (secondary N) is 1. The fourth-order valence-electron chi connectivity index (χ4n) is 6.34. The van der Waals surface area contributed by atoms with Crippen molar-refractivity contribution < 1.29 is 4.74 Å².